The van der Waals surface area contributed by atoms with Crippen LogP contribution >= 0.6 is 23.2 Å². The summed E-state index contributed by atoms with van der Waals surface area (Å²) in [5, 5.41) is 10.2. The van der Waals surface area contributed by atoms with E-state index in [0.717, 1.165) is 13.1 Å². The van der Waals surface area contributed by atoms with Crippen LogP contribution in [-0.4, -0.2) is 64.1 Å². The van der Waals surface area contributed by atoms with E-state index in [1.165, 1.54) is 0 Å². The minimum absolute atomic E-state index is 0.131. The van der Waals surface area contributed by atoms with E-state index in [9.17, 15) is 9.90 Å². The summed E-state index contributed by atoms with van der Waals surface area (Å²) in [7, 11) is 0. The molecule has 0 saturated carbocycles. The van der Waals surface area contributed by atoms with Gasteiger partial charge in [-0.15, -0.1) is 0 Å². The molecule has 1 amide bonds. The lowest BCUT2D eigenvalue weighted by molar-refractivity contribution is 0.0178. The Morgan fingerprint density at radius 1 is 1.29 bits per heavy atom. The van der Waals surface area contributed by atoms with Crippen molar-refractivity contribution in [3.8, 4) is 0 Å². The summed E-state index contributed by atoms with van der Waals surface area (Å²) in [6.07, 6.45) is 0. The molecule has 0 atom stereocenters. The van der Waals surface area contributed by atoms with Crippen LogP contribution in [0.1, 0.15) is 24.2 Å². The Balaban J connectivity index is 1.97. The van der Waals surface area contributed by atoms with E-state index in [1.54, 1.807) is 30.9 Å². The highest BCUT2D eigenvalue weighted by atomic mass is 35.5. The predicted molar refractivity (Wildman–Crippen MR) is 82.9 cm³/mol. The van der Waals surface area contributed by atoms with Crippen LogP contribution in [0.15, 0.2) is 12.1 Å². The molecule has 7 heteroatoms. The first-order chi connectivity index (χ1) is 9.76. The average Bonchev–Trinajstić information content (AvgIpc) is 2.37. The van der Waals surface area contributed by atoms with Gasteiger partial charge in [-0.1, -0.05) is 23.2 Å². The quantitative estimate of drug-likeness (QED) is 0.860. The van der Waals surface area contributed by atoms with Crippen molar-refractivity contribution < 1.29 is 9.90 Å². The summed E-state index contributed by atoms with van der Waals surface area (Å²) >= 11 is 11.7. The van der Waals surface area contributed by atoms with Crippen LogP contribution in [0.3, 0.4) is 0 Å². The van der Waals surface area contributed by atoms with Gasteiger partial charge in [-0.05, 0) is 26.0 Å². The van der Waals surface area contributed by atoms with Gasteiger partial charge in [0.15, 0.2) is 0 Å². The zero-order valence-electron chi connectivity index (χ0n) is 12.1. The minimum Gasteiger partial charge on any atom is -0.389 e. The van der Waals surface area contributed by atoms with Gasteiger partial charge < -0.3 is 10.0 Å². The van der Waals surface area contributed by atoms with Crippen molar-refractivity contribution in [3.63, 3.8) is 0 Å². The Labute approximate surface area is 134 Å². The molecule has 1 fully saturated rings. The minimum atomic E-state index is -0.727. The van der Waals surface area contributed by atoms with Gasteiger partial charge in [0, 0.05) is 32.7 Å². The predicted octanol–water partition coefficient (Wildman–Crippen LogP) is 1.92. The molecule has 2 rings (SSSR count). The number of carbonyl (C=O) groups excluding carboxylic acids is 1. The fourth-order valence-electron chi connectivity index (χ4n) is 2.40. The van der Waals surface area contributed by atoms with E-state index < -0.39 is 5.60 Å². The first-order valence-corrected chi connectivity index (χ1v) is 7.58. The molecule has 0 radical (unpaired) electrons. The largest absolute Gasteiger partial charge is 0.389 e. The van der Waals surface area contributed by atoms with Crippen LogP contribution in [0.5, 0.6) is 0 Å². The van der Waals surface area contributed by atoms with Gasteiger partial charge in [0.25, 0.3) is 5.91 Å². The van der Waals surface area contributed by atoms with Gasteiger partial charge in [0.05, 0.1) is 11.2 Å². The lowest BCUT2D eigenvalue weighted by atomic mass is 10.1. The van der Waals surface area contributed by atoms with Crippen LogP contribution in [0.4, 0.5) is 0 Å². The van der Waals surface area contributed by atoms with Crippen molar-refractivity contribution >= 4 is 29.1 Å². The highest BCUT2D eigenvalue weighted by Crippen LogP contribution is 2.19. The fourth-order valence-corrected chi connectivity index (χ4v) is 2.82. The zero-order valence-corrected chi connectivity index (χ0v) is 13.7. The van der Waals surface area contributed by atoms with Crippen LogP contribution in [0.2, 0.25) is 10.3 Å². The van der Waals surface area contributed by atoms with Crippen LogP contribution < -0.4 is 0 Å². The van der Waals surface area contributed by atoms with Gasteiger partial charge in [0.1, 0.15) is 10.3 Å². The molecule has 0 bridgehead atoms. The summed E-state index contributed by atoms with van der Waals surface area (Å²) in [6.45, 7) is 6.83. The van der Waals surface area contributed by atoms with Crippen molar-refractivity contribution in [1.82, 2.24) is 14.8 Å². The Hall–Kier alpha value is -0.880. The molecule has 2 heterocycles. The summed E-state index contributed by atoms with van der Waals surface area (Å²) in [5.41, 5.74) is -0.354. The van der Waals surface area contributed by atoms with Gasteiger partial charge in [-0.2, -0.15) is 0 Å². The average molecular weight is 332 g/mol. The maximum Gasteiger partial charge on any atom is 0.257 e. The number of pyridine rings is 1. The van der Waals surface area contributed by atoms with Crippen LogP contribution in [-0.2, 0) is 0 Å². The smallest absolute Gasteiger partial charge is 0.257 e. The number of amides is 1. The molecule has 0 aliphatic carbocycles. The van der Waals surface area contributed by atoms with E-state index in [0.29, 0.717) is 25.2 Å². The van der Waals surface area contributed by atoms with E-state index in [2.05, 4.69) is 9.88 Å². The second kappa shape index (κ2) is 6.48. The van der Waals surface area contributed by atoms with E-state index >= 15 is 0 Å². The third-order valence-corrected chi connectivity index (χ3v) is 3.81. The maximum absolute atomic E-state index is 12.4. The molecule has 1 N–H and O–H groups in total. The summed E-state index contributed by atoms with van der Waals surface area (Å²) in [5.74, 6) is -0.132. The van der Waals surface area contributed by atoms with Crippen molar-refractivity contribution in [2.45, 2.75) is 19.4 Å². The number of hydrogen-bond acceptors (Lipinski definition) is 4. The van der Waals surface area contributed by atoms with E-state index in [4.69, 9.17) is 23.2 Å². The van der Waals surface area contributed by atoms with E-state index in [-0.39, 0.29) is 16.2 Å². The lowest BCUT2D eigenvalue weighted by Crippen LogP contribution is -2.52. The zero-order chi connectivity index (χ0) is 15.6. The molecular weight excluding hydrogens is 313 g/mol. The summed E-state index contributed by atoms with van der Waals surface area (Å²) in [4.78, 5) is 20.2. The number of halogens is 2. The standard InChI is InChI=1S/C14H19Cl2N3O2/c1-14(2,21)9-18-5-7-19(8-6-18)13(20)10-3-4-11(15)17-12(10)16/h3-4,21H,5-9H2,1-2H3. The molecule has 0 spiro atoms. The summed E-state index contributed by atoms with van der Waals surface area (Å²) < 4.78 is 0. The van der Waals surface area contributed by atoms with E-state index in [1.807, 2.05) is 0 Å². The second-order valence-electron chi connectivity index (χ2n) is 5.85. The number of piperazine rings is 1. The van der Waals surface area contributed by atoms with Gasteiger partial charge in [0.2, 0.25) is 0 Å². The molecule has 1 aromatic heterocycles. The fraction of sp³-hybridized carbons (Fsp3) is 0.571. The van der Waals surface area contributed by atoms with Crippen LogP contribution in [0.25, 0.3) is 0 Å². The SMILES string of the molecule is CC(C)(O)CN1CCN(C(=O)c2ccc(Cl)nc2Cl)CC1. The molecule has 116 valence electrons. The number of aliphatic hydroxyl groups is 1. The molecule has 1 aliphatic rings. The number of aromatic nitrogens is 1. The molecule has 1 saturated heterocycles. The monoisotopic (exact) mass is 331 g/mol. The molecule has 1 aliphatic heterocycles. The first-order valence-electron chi connectivity index (χ1n) is 6.82. The van der Waals surface area contributed by atoms with Gasteiger partial charge in [-0.25, -0.2) is 4.98 Å². The lowest BCUT2D eigenvalue weighted by Gasteiger charge is -2.37. The molecule has 21 heavy (non-hydrogen) atoms. The highest BCUT2D eigenvalue weighted by molar-refractivity contribution is 6.34. The van der Waals surface area contributed by atoms with Crippen molar-refractivity contribution in [1.29, 1.82) is 0 Å². The van der Waals surface area contributed by atoms with Crippen molar-refractivity contribution in [2.24, 2.45) is 0 Å². The van der Waals surface area contributed by atoms with Crippen LogP contribution in [0, 0.1) is 0 Å². The normalized spacial score (nSPS) is 17.1. The molecule has 5 nitrogen and oxygen atoms in total. The first kappa shape index (κ1) is 16.5. The molecule has 0 aromatic carbocycles. The Morgan fingerprint density at radius 2 is 1.90 bits per heavy atom. The van der Waals surface area contributed by atoms with Crippen molar-refractivity contribution in [2.75, 3.05) is 32.7 Å². The van der Waals surface area contributed by atoms with Gasteiger partial charge in [-0.3, -0.25) is 9.69 Å². The molecule has 1 aromatic rings. The third-order valence-electron chi connectivity index (χ3n) is 3.32. The second-order valence-corrected chi connectivity index (χ2v) is 6.60. The van der Waals surface area contributed by atoms with Gasteiger partial charge >= 0.3 is 0 Å². The number of carbonyl (C=O) groups is 1. The maximum atomic E-state index is 12.4. The topological polar surface area (TPSA) is 56.7 Å². The number of nitrogens with zero attached hydrogens (tertiary/aromatic N) is 3. The Kier molecular flexibility index (Phi) is 5.09. The number of β-amino-alcohol motifs (C(OH)–C–C–N with tert-alkyl or cyclic N) is 1. The van der Waals surface area contributed by atoms with Crippen molar-refractivity contribution in [3.05, 3.63) is 28.0 Å². The Bertz CT molecular complexity index is 523. The Morgan fingerprint density at radius 3 is 2.43 bits per heavy atom. The highest BCUT2D eigenvalue weighted by Gasteiger charge is 2.26. The third kappa shape index (κ3) is 4.54. The molecule has 0 unspecified atom stereocenters. The number of rotatable bonds is 3. The summed E-state index contributed by atoms with van der Waals surface area (Å²) in [6, 6.07) is 3.16. The molecular formula is C14H19Cl2N3O2. The number of hydrogen-bond donors (Lipinski definition) is 1.